The lowest BCUT2D eigenvalue weighted by molar-refractivity contribution is -0.133. The van der Waals surface area contributed by atoms with Crippen molar-refractivity contribution in [1.82, 2.24) is 25.5 Å². The highest BCUT2D eigenvalue weighted by Gasteiger charge is 2.21. The second-order valence-corrected chi connectivity index (χ2v) is 5.62. The summed E-state index contributed by atoms with van der Waals surface area (Å²) in [7, 11) is 1.75. The van der Waals surface area contributed by atoms with E-state index in [9.17, 15) is 9.18 Å². The van der Waals surface area contributed by atoms with Gasteiger partial charge >= 0.3 is 0 Å². The summed E-state index contributed by atoms with van der Waals surface area (Å²) in [6.45, 7) is 4.29. The minimum atomic E-state index is -0.281. The average Bonchev–Trinajstić information content (AvgIpc) is 3.00. The minimum Gasteiger partial charge on any atom is -0.345 e. The van der Waals surface area contributed by atoms with Gasteiger partial charge in [0.25, 0.3) is 0 Å². The van der Waals surface area contributed by atoms with Crippen LogP contribution in [0.3, 0.4) is 0 Å². The number of rotatable bonds is 6. The van der Waals surface area contributed by atoms with Gasteiger partial charge in [-0.1, -0.05) is 31.2 Å². The molecule has 0 aliphatic heterocycles. The van der Waals surface area contributed by atoms with E-state index >= 15 is 0 Å². The molecule has 0 bridgehead atoms. The molecule has 1 aromatic heterocycles. The van der Waals surface area contributed by atoms with Crippen molar-refractivity contribution in [3.63, 3.8) is 0 Å². The van der Waals surface area contributed by atoms with E-state index < -0.39 is 0 Å². The minimum absolute atomic E-state index is 0.00549. The third-order valence-corrected chi connectivity index (χ3v) is 3.58. The normalized spacial score (nSPS) is 13.6. The van der Waals surface area contributed by atoms with E-state index in [-0.39, 0.29) is 23.6 Å². The molecule has 2 rings (SSSR count). The Labute approximate surface area is 128 Å². The molecule has 1 N–H and O–H groups in total. The first kappa shape index (κ1) is 16.1. The average molecular weight is 305 g/mol. The highest BCUT2D eigenvalue weighted by molar-refractivity contribution is 5.78. The third kappa shape index (κ3) is 4.09. The van der Waals surface area contributed by atoms with Crippen molar-refractivity contribution < 1.29 is 9.18 Å². The lowest BCUT2D eigenvalue weighted by Gasteiger charge is -2.23. The first-order valence-electron chi connectivity index (χ1n) is 7.20. The van der Waals surface area contributed by atoms with E-state index in [1.54, 1.807) is 18.0 Å². The van der Waals surface area contributed by atoms with E-state index in [0.717, 1.165) is 5.56 Å². The molecule has 0 radical (unpaired) electrons. The van der Waals surface area contributed by atoms with Crippen LogP contribution in [0, 0.1) is 11.7 Å². The fourth-order valence-electron chi connectivity index (χ4n) is 2.44. The maximum Gasteiger partial charge on any atom is 0.225 e. The van der Waals surface area contributed by atoms with E-state index in [1.165, 1.54) is 12.1 Å². The third-order valence-electron chi connectivity index (χ3n) is 3.58. The maximum atomic E-state index is 13.2. The van der Waals surface area contributed by atoms with Crippen molar-refractivity contribution in [2.24, 2.45) is 5.92 Å². The number of nitrogens with one attached hydrogen (secondary N) is 1. The molecular weight excluding hydrogens is 285 g/mol. The Bertz CT molecular complexity index is 616. The molecule has 0 saturated heterocycles. The number of carbonyl (C=O) groups excluding carboxylic acids is 1. The zero-order chi connectivity index (χ0) is 16.1. The number of hydrogen-bond acceptors (Lipinski definition) is 4. The van der Waals surface area contributed by atoms with Gasteiger partial charge in [-0.3, -0.25) is 4.79 Å². The molecule has 0 aliphatic rings. The number of aromatic nitrogens is 4. The molecule has 2 aromatic rings. The smallest absolute Gasteiger partial charge is 0.225 e. The molecule has 0 unspecified atom stereocenters. The van der Waals surface area contributed by atoms with Gasteiger partial charge in [-0.05, 0) is 24.1 Å². The molecule has 7 heteroatoms. The summed E-state index contributed by atoms with van der Waals surface area (Å²) >= 11 is 0. The van der Waals surface area contributed by atoms with Crippen LogP contribution in [0.5, 0.6) is 0 Å². The number of hydrogen-bond donors (Lipinski definition) is 1. The first-order valence-corrected chi connectivity index (χ1v) is 7.20. The molecule has 0 saturated carbocycles. The quantitative estimate of drug-likeness (QED) is 0.882. The summed E-state index contributed by atoms with van der Waals surface area (Å²) in [6.07, 6.45) is 0.511. The summed E-state index contributed by atoms with van der Waals surface area (Å²) in [5.41, 5.74) is 0.820. The van der Waals surface area contributed by atoms with Gasteiger partial charge in [0, 0.05) is 25.4 Å². The second kappa shape index (κ2) is 7.11. The molecule has 0 fully saturated rings. The van der Waals surface area contributed by atoms with Crippen molar-refractivity contribution in [2.75, 3.05) is 13.6 Å². The maximum absolute atomic E-state index is 13.2. The highest BCUT2D eigenvalue weighted by Crippen LogP contribution is 2.15. The van der Waals surface area contributed by atoms with E-state index in [0.29, 0.717) is 18.8 Å². The molecule has 0 spiro atoms. The fourth-order valence-corrected chi connectivity index (χ4v) is 2.44. The number of amides is 1. The van der Waals surface area contributed by atoms with Crippen LogP contribution in [0.1, 0.15) is 31.2 Å². The summed E-state index contributed by atoms with van der Waals surface area (Å²) in [5.74, 6) is 0.0895. The molecule has 6 nitrogen and oxygen atoms in total. The van der Waals surface area contributed by atoms with Crippen LogP contribution >= 0.6 is 0 Å². The molecule has 0 aliphatic carbocycles. The van der Waals surface area contributed by atoms with Gasteiger partial charge in [-0.2, -0.15) is 5.21 Å². The zero-order valence-electron chi connectivity index (χ0n) is 13.0. The number of likely N-dealkylation sites (N-methyl/N-ethyl adjacent to an activating group) is 1. The van der Waals surface area contributed by atoms with Gasteiger partial charge in [0.05, 0.1) is 0 Å². The summed E-state index contributed by atoms with van der Waals surface area (Å²) in [6, 6.07) is 6.35. The molecule has 118 valence electrons. The first-order chi connectivity index (χ1) is 10.5. The van der Waals surface area contributed by atoms with Gasteiger partial charge in [0.15, 0.2) is 5.82 Å². The Kier molecular flexibility index (Phi) is 5.19. The van der Waals surface area contributed by atoms with Gasteiger partial charge in [-0.15, -0.1) is 10.2 Å². The van der Waals surface area contributed by atoms with E-state index in [2.05, 4.69) is 20.6 Å². The predicted molar refractivity (Wildman–Crippen MR) is 79.5 cm³/mol. The standard InChI is InChI=1S/C15H20FN5O/c1-10(7-12-5-4-6-13(16)8-12)15(22)21(3)9-11(2)14-17-19-20-18-14/h4-6,8,10-11H,7,9H2,1-3H3,(H,17,18,19,20)/t10-,11+/m1/s1. The Balaban J connectivity index is 1.92. The van der Waals surface area contributed by atoms with Crippen molar-refractivity contribution >= 4 is 5.91 Å². The van der Waals surface area contributed by atoms with Gasteiger partial charge in [-0.25, -0.2) is 4.39 Å². The number of nitrogens with zero attached hydrogens (tertiary/aromatic N) is 4. The van der Waals surface area contributed by atoms with Crippen LogP contribution in [0.25, 0.3) is 0 Å². The Hall–Kier alpha value is -2.31. The molecule has 1 heterocycles. The van der Waals surface area contributed by atoms with Crippen molar-refractivity contribution in [2.45, 2.75) is 26.2 Å². The number of tetrazole rings is 1. The lowest BCUT2D eigenvalue weighted by atomic mass is 9.99. The zero-order valence-corrected chi connectivity index (χ0v) is 13.0. The number of carbonyl (C=O) groups is 1. The topological polar surface area (TPSA) is 74.8 Å². The van der Waals surface area contributed by atoms with Crippen LogP contribution in [0.4, 0.5) is 4.39 Å². The van der Waals surface area contributed by atoms with Crippen LogP contribution in [0.2, 0.25) is 0 Å². The van der Waals surface area contributed by atoms with Crippen LogP contribution in [-0.4, -0.2) is 45.0 Å². The van der Waals surface area contributed by atoms with Crippen LogP contribution in [-0.2, 0) is 11.2 Å². The Morgan fingerprint density at radius 2 is 2.18 bits per heavy atom. The van der Waals surface area contributed by atoms with Gasteiger partial charge < -0.3 is 4.90 Å². The predicted octanol–water partition coefficient (Wildman–Crippen LogP) is 1.78. The Morgan fingerprint density at radius 3 is 2.82 bits per heavy atom. The van der Waals surface area contributed by atoms with Crippen molar-refractivity contribution in [3.05, 3.63) is 41.5 Å². The number of halogens is 1. The lowest BCUT2D eigenvalue weighted by Crippen LogP contribution is -2.35. The summed E-state index contributed by atoms with van der Waals surface area (Å²) in [5, 5.41) is 13.8. The van der Waals surface area contributed by atoms with Crippen molar-refractivity contribution in [1.29, 1.82) is 0 Å². The number of H-pyrrole nitrogens is 1. The fraction of sp³-hybridized carbons (Fsp3) is 0.467. The summed E-state index contributed by atoms with van der Waals surface area (Å²) in [4.78, 5) is 14.1. The van der Waals surface area contributed by atoms with Crippen LogP contribution < -0.4 is 0 Å². The number of benzene rings is 1. The molecule has 1 aromatic carbocycles. The number of aromatic amines is 1. The van der Waals surface area contributed by atoms with E-state index in [1.807, 2.05) is 19.9 Å². The monoisotopic (exact) mass is 305 g/mol. The second-order valence-electron chi connectivity index (χ2n) is 5.62. The molecule has 22 heavy (non-hydrogen) atoms. The highest BCUT2D eigenvalue weighted by atomic mass is 19.1. The molecule has 2 atom stereocenters. The van der Waals surface area contributed by atoms with Gasteiger partial charge in [0.2, 0.25) is 5.91 Å². The SMILES string of the molecule is C[C@H](Cc1cccc(F)c1)C(=O)N(C)C[C@H](C)c1nn[nH]n1. The Morgan fingerprint density at radius 1 is 1.41 bits per heavy atom. The molecule has 1 amide bonds. The van der Waals surface area contributed by atoms with Gasteiger partial charge in [0.1, 0.15) is 5.82 Å². The van der Waals surface area contributed by atoms with Crippen LogP contribution in [0.15, 0.2) is 24.3 Å². The summed E-state index contributed by atoms with van der Waals surface area (Å²) < 4.78 is 13.2. The molecular formula is C15H20FN5O. The largest absolute Gasteiger partial charge is 0.345 e. The van der Waals surface area contributed by atoms with Crippen molar-refractivity contribution in [3.8, 4) is 0 Å². The van der Waals surface area contributed by atoms with E-state index in [4.69, 9.17) is 0 Å².